The number of aliphatic hydroxyl groups excluding tert-OH is 1. The van der Waals surface area contributed by atoms with Gasteiger partial charge in [-0.1, -0.05) is 82.9 Å². The molecule has 8 nitrogen and oxygen atoms in total. The maximum absolute atomic E-state index is 13.6. The van der Waals surface area contributed by atoms with Crippen LogP contribution in [0.25, 0.3) is 29.4 Å². The molecular weight excluding hydrogens is 861 g/mol. The van der Waals surface area contributed by atoms with Gasteiger partial charge in [0, 0.05) is 51.5 Å². The van der Waals surface area contributed by atoms with E-state index in [2.05, 4.69) is 134 Å². The van der Waals surface area contributed by atoms with Crippen molar-refractivity contribution in [1.82, 2.24) is 4.58 Å². The molecule has 5 N–H and O–H groups in total. The van der Waals surface area contributed by atoms with Crippen LogP contribution in [0.1, 0.15) is 38.3 Å². The Hall–Kier alpha value is -7.79. The summed E-state index contributed by atoms with van der Waals surface area (Å²) in [4.78, 5) is 17.7. The third kappa shape index (κ3) is 8.72. The monoisotopic (exact) mass is 905 g/mol. The number of allylic oxidation sites excluding steroid dienone is 4. The Morgan fingerprint density at radius 1 is 0.545 bits per heavy atom. The third-order valence-corrected chi connectivity index (χ3v) is 13.5. The average Bonchev–Trinajstić information content (AvgIpc) is 3.97. The zero-order valence-electron chi connectivity index (χ0n) is 36.5. The number of anilines is 3. The SMILES string of the molecule is Cc1ccc(N(c2ccc(C)cc2)c2ccc(/C=C/c3cc(O)c(C4=C(O)C(=c5c(O)cc(=C/C=C6\C=CC(=[N+](c7ccc(C)cc7)c7ccc(C)cc7)S6)cc5O)C4=O)c(O)c3)s2)cc1. The van der Waals surface area contributed by atoms with Gasteiger partial charge in [0.1, 0.15) is 33.8 Å². The Balaban J connectivity index is 0.958. The van der Waals surface area contributed by atoms with Crippen molar-refractivity contribution in [2.24, 2.45) is 0 Å². The second-order valence-corrected chi connectivity index (χ2v) is 18.5. The van der Waals surface area contributed by atoms with Crippen molar-refractivity contribution in [2.45, 2.75) is 27.7 Å². The number of carbonyl (C=O) groups is 1. The van der Waals surface area contributed by atoms with E-state index in [0.717, 1.165) is 42.6 Å². The summed E-state index contributed by atoms with van der Waals surface area (Å²) in [5.41, 5.74) is 8.32. The van der Waals surface area contributed by atoms with E-state index in [1.54, 1.807) is 35.3 Å². The third-order valence-electron chi connectivity index (χ3n) is 11.4. The van der Waals surface area contributed by atoms with E-state index in [1.165, 1.54) is 46.5 Å². The van der Waals surface area contributed by atoms with Crippen LogP contribution in [0.4, 0.5) is 27.8 Å². The molecule has 0 unspecified atom stereocenters. The van der Waals surface area contributed by atoms with Crippen LogP contribution in [0.5, 0.6) is 23.0 Å². The molecule has 1 aliphatic heterocycles. The number of phenolic OH excluding ortho intramolecular Hbond substituents is 4. The van der Waals surface area contributed by atoms with Gasteiger partial charge in [-0.2, -0.15) is 0 Å². The van der Waals surface area contributed by atoms with Gasteiger partial charge in [0.25, 0.3) is 5.04 Å². The average molecular weight is 906 g/mol. The van der Waals surface area contributed by atoms with Crippen LogP contribution in [-0.2, 0) is 4.79 Å². The number of carbonyl (C=O) groups excluding carboxylic acids is 1. The van der Waals surface area contributed by atoms with E-state index in [9.17, 15) is 30.3 Å². The summed E-state index contributed by atoms with van der Waals surface area (Å²) in [5, 5.41) is 57.9. The fourth-order valence-electron chi connectivity index (χ4n) is 7.88. The number of thioether (sulfide) groups is 1. The second-order valence-electron chi connectivity index (χ2n) is 16.3. The van der Waals surface area contributed by atoms with Crippen LogP contribution in [-0.4, -0.2) is 36.4 Å². The smallest absolute Gasteiger partial charge is 0.251 e. The Kier molecular flexibility index (Phi) is 11.9. The lowest BCUT2D eigenvalue weighted by Crippen LogP contribution is -2.28. The molecule has 0 atom stereocenters. The molecule has 2 heterocycles. The van der Waals surface area contributed by atoms with E-state index in [0.29, 0.717) is 10.8 Å². The fourth-order valence-corrected chi connectivity index (χ4v) is 9.78. The number of aliphatic hydroxyl groups is 1. The number of phenols is 4. The Labute approximate surface area is 390 Å². The van der Waals surface area contributed by atoms with Crippen LogP contribution in [0.15, 0.2) is 162 Å². The molecule has 0 saturated heterocycles. The number of aryl methyl sites for hydroxylation is 4. The van der Waals surface area contributed by atoms with Crippen LogP contribution in [0, 0.1) is 27.7 Å². The van der Waals surface area contributed by atoms with Crippen molar-refractivity contribution in [3.8, 4) is 23.0 Å². The highest BCUT2D eigenvalue weighted by molar-refractivity contribution is 8.18. The van der Waals surface area contributed by atoms with E-state index < -0.39 is 34.5 Å². The molecule has 2 aliphatic rings. The Morgan fingerprint density at radius 2 is 1.06 bits per heavy atom. The van der Waals surface area contributed by atoms with E-state index in [-0.39, 0.29) is 21.9 Å². The number of thiophene rings is 1. The zero-order chi connectivity index (χ0) is 46.2. The lowest BCUT2D eigenvalue weighted by Gasteiger charge is -2.24. The van der Waals surface area contributed by atoms with Crippen molar-refractivity contribution >= 4 is 91.1 Å². The van der Waals surface area contributed by atoms with Crippen LogP contribution in [0.3, 0.4) is 0 Å². The summed E-state index contributed by atoms with van der Waals surface area (Å²) in [7, 11) is 0. The highest BCUT2D eigenvalue weighted by Gasteiger charge is 2.39. The van der Waals surface area contributed by atoms with E-state index in [1.807, 2.05) is 36.4 Å². The van der Waals surface area contributed by atoms with Crippen molar-refractivity contribution < 1.29 is 30.3 Å². The molecule has 7 aromatic rings. The Bertz CT molecular complexity index is 3210. The Morgan fingerprint density at radius 3 is 1.58 bits per heavy atom. The first-order chi connectivity index (χ1) is 31.8. The summed E-state index contributed by atoms with van der Waals surface area (Å²) in [6.45, 7) is 8.23. The number of hydrogen-bond donors (Lipinski definition) is 5. The van der Waals surface area contributed by atoms with Crippen LogP contribution in [0.2, 0.25) is 0 Å². The van der Waals surface area contributed by atoms with Crippen molar-refractivity contribution in [3.63, 3.8) is 0 Å². The minimum atomic E-state index is -0.758. The molecule has 66 heavy (non-hydrogen) atoms. The minimum absolute atomic E-state index is 0.249. The van der Waals surface area contributed by atoms with Gasteiger partial charge in [-0.3, -0.25) is 4.79 Å². The van der Waals surface area contributed by atoms with Crippen molar-refractivity contribution in [1.29, 1.82) is 0 Å². The fraction of sp³-hybridized carbons (Fsp3) is 0.0714. The molecule has 0 fully saturated rings. The molecule has 0 spiro atoms. The number of rotatable bonds is 9. The topological polar surface area (TPSA) is 124 Å². The lowest BCUT2D eigenvalue weighted by molar-refractivity contribution is -0.110. The molecule has 0 radical (unpaired) electrons. The van der Waals surface area contributed by atoms with Gasteiger partial charge >= 0.3 is 0 Å². The number of benzene rings is 6. The highest BCUT2D eigenvalue weighted by atomic mass is 32.2. The predicted octanol–water partition coefficient (Wildman–Crippen LogP) is 12.0. The van der Waals surface area contributed by atoms with Crippen molar-refractivity contribution in [3.05, 3.63) is 211 Å². The van der Waals surface area contributed by atoms with Crippen molar-refractivity contribution in [2.75, 3.05) is 4.90 Å². The molecule has 0 saturated carbocycles. The molecule has 1 aromatic heterocycles. The van der Waals surface area contributed by atoms with Gasteiger partial charge in [-0.05, 0) is 129 Å². The van der Waals surface area contributed by atoms with Crippen LogP contribution < -0.4 is 19.9 Å². The first kappa shape index (κ1) is 43.5. The number of hydrogen-bond acceptors (Lipinski definition) is 9. The summed E-state index contributed by atoms with van der Waals surface area (Å²) < 4.78 is 2.19. The summed E-state index contributed by atoms with van der Waals surface area (Å²) >= 11 is 3.14. The number of aromatic hydroxyl groups is 4. The quantitative estimate of drug-likeness (QED) is 0.0908. The van der Waals surface area contributed by atoms with E-state index >= 15 is 0 Å². The number of nitrogens with zero attached hydrogens (tertiary/aromatic N) is 2. The molecular formula is C56H45N2O6S2+. The zero-order valence-corrected chi connectivity index (χ0v) is 38.2. The van der Waals surface area contributed by atoms with E-state index in [4.69, 9.17) is 0 Å². The van der Waals surface area contributed by atoms with Gasteiger partial charge in [-0.25, -0.2) is 0 Å². The number of ketones is 1. The largest absolute Gasteiger partial charge is 0.507 e. The molecule has 0 amide bonds. The van der Waals surface area contributed by atoms with Gasteiger partial charge in [0.05, 0.1) is 21.9 Å². The molecule has 1 aliphatic carbocycles. The minimum Gasteiger partial charge on any atom is -0.507 e. The van der Waals surface area contributed by atoms with Gasteiger partial charge < -0.3 is 30.4 Å². The van der Waals surface area contributed by atoms with Gasteiger partial charge in [0.15, 0.2) is 0 Å². The predicted molar refractivity (Wildman–Crippen MR) is 272 cm³/mol. The van der Waals surface area contributed by atoms with Gasteiger partial charge in [-0.15, -0.1) is 15.9 Å². The molecule has 10 heteroatoms. The molecule has 0 bridgehead atoms. The summed E-state index contributed by atoms with van der Waals surface area (Å²) in [6.07, 6.45) is 11.3. The summed E-state index contributed by atoms with van der Waals surface area (Å²) in [5.74, 6) is -3.03. The highest BCUT2D eigenvalue weighted by Crippen LogP contribution is 2.46. The van der Waals surface area contributed by atoms with Gasteiger partial charge in [0.2, 0.25) is 17.2 Å². The second kappa shape index (κ2) is 18.0. The molecule has 326 valence electrons. The molecule has 6 aromatic carbocycles. The number of Topliss-reactive ketones (excluding diaryl/α,β-unsaturated/α-hetero) is 1. The maximum atomic E-state index is 13.6. The summed E-state index contributed by atoms with van der Waals surface area (Å²) in [6, 6.07) is 43.0. The first-order valence-corrected chi connectivity index (χ1v) is 22.9. The standard InChI is InChI=1S/C56H44N2O6S2/c1-33-5-15-39(16-6-33)57(40-17-7-34(2)8-18-40)49-27-25-43(65-49)23-13-37-29-45(59)51(46(60)30-37)53-55(63)54(56(53)64)52-47(61)31-38(32-48(52)62)14-24-44-26-28-50(66-44)58(41-19-9-35(3)10-20-41)42-21-11-36(4)12-22-42/h5-32H,1-4H3,(H4,59,60,61,62,63,64)/p+1/b23-13+. The van der Waals surface area contributed by atoms with Crippen LogP contribution >= 0.6 is 23.1 Å². The first-order valence-electron chi connectivity index (χ1n) is 21.2. The lowest BCUT2D eigenvalue weighted by atomic mass is 9.81. The molecule has 9 rings (SSSR count). The maximum Gasteiger partial charge on any atom is 0.251 e. The normalized spacial score (nSPS) is 14.1.